The Morgan fingerprint density at radius 2 is 1.68 bits per heavy atom. The molecule has 0 radical (unpaired) electrons. The fraction of sp³-hybridized carbons (Fsp3) is 0.341. The summed E-state index contributed by atoms with van der Waals surface area (Å²) in [6, 6.07) is 33.1. The standard InChI is InChI=1S/C44H47N5O7Si/c1-28-42(57(4,5)34-19-17-33(54-3)18-20-34)39(22-23-47-26-37(45-46-47)35(27-50)30-12-8-6-9-13-30)56-44(28)36-24-32(49-40(52)25-41(49)55-29(2)51)16-21-38(36)48(43(44)53)31-14-10-7-11-15-31/h6-21,24,26,28,35,39,41-42,50H,22-23,25,27H2,1-5H3/t28-,35?,39+,41?,42-,44+/m1/s1. The van der Waals surface area contributed by atoms with Gasteiger partial charge in [-0.15, -0.1) is 5.10 Å². The summed E-state index contributed by atoms with van der Waals surface area (Å²) in [6.45, 7) is 8.47. The smallest absolute Gasteiger partial charge is 0.304 e. The number of ether oxygens (including phenoxy) is 3. The van der Waals surface area contributed by atoms with E-state index in [1.165, 1.54) is 17.0 Å². The molecule has 2 fully saturated rings. The highest BCUT2D eigenvalue weighted by molar-refractivity contribution is 6.91. The zero-order valence-corrected chi connectivity index (χ0v) is 33.7. The van der Waals surface area contributed by atoms with Crippen molar-refractivity contribution in [1.82, 2.24) is 15.0 Å². The summed E-state index contributed by atoms with van der Waals surface area (Å²) in [5, 5.41) is 20.5. The number of rotatable bonds is 12. The second kappa shape index (κ2) is 15.0. The minimum Gasteiger partial charge on any atom is -0.497 e. The molecule has 13 heteroatoms. The first-order valence-electron chi connectivity index (χ1n) is 19.4. The van der Waals surface area contributed by atoms with Crippen LogP contribution in [0.4, 0.5) is 17.1 Å². The molecular formula is C44H47N5O7Si. The number of nitrogens with zero attached hydrogens (tertiary/aromatic N) is 5. The fourth-order valence-corrected chi connectivity index (χ4v) is 13.4. The topological polar surface area (TPSA) is 136 Å². The minimum absolute atomic E-state index is 0.0565. The van der Waals surface area contributed by atoms with Gasteiger partial charge >= 0.3 is 5.97 Å². The second-order valence-electron chi connectivity index (χ2n) is 15.7. The van der Waals surface area contributed by atoms with Crippen LogP contribution in [-0.4, -0.2) is 72.0 Å². The number of benzene rings is 4. The van der Waals surface area contributed by atoms with E-state index in [0.717, 1.165) is 11.3 Å². The maximum atomic E-state index is 15.4. The number of amides is 2. The van der Waals surface area contributed by atoms with E-state index in [1.807, 2.05) is 91.1 Å². The van der Waals surface area contributed by atoms with Crippen molar-refractivity contribution in [3.05, 3.63) is 126 Å². The molecule has 4 aromatic carbocycles. The summed E-state index contributed by atoms with van der Waals surface area (Å²) in [7, 11) is -0.825. The van der Waals surface area contributed by atoms with Crippen LogP contribution < -0.4 is 19.7 Å². The average Bonchev–Trinajstić information content (AvgIpc) is 3.87. The number of carbonyl (C=O) groups excluding carboxylic acids is 3. The maximum absolute atomic E-state index is 15.4. The highest BCUT2D eigenvalue weighted by Crippen LogP contribution is 2.61. The zero-order chi connectivity index (χ0) is 40.1. The molecule has 1 spiro atoms. The third kappa shape index (κ3) is 6.53. The number of methoxy groups -OCH3 is 1. The van der Waals surface area contributed by atoms with E-state index in [1.54, 1.807) is 22.8 Å². The molecule has 4 heterocycles. The van der Waals surface area contributed by atoms with Crippen molar-refractivity contribution in [3.8, 4) is 5.75 Å². The Hall–Kier alpha value is -5.63. The maximum Gasteiger partial charge on any atom is 0.304 e. The Morgan fingerprint density at radius 1 is 0.982 bits per heavy atom. The summed E-state index contributed by atoms with van der Waals surface area (Å²) >= 11 is 0. The van der Waals surface area contributed by atoms with Crippen LogP contribution >= 0.6 is 0 Å². The fourth-order valence-electron chi connectivity index (χ4n) is 9.36. The van der Waals surface area contributed by atoms with Crippen LogP contribution in [0, 0.1) is 5.92 Å². The molecule has 3 aliphatic heterocycles. The number of para-hydroxylation sites is 1. The number of aryl methyl sites for hydroxylation is 1. The molecule has 5 aromatic rings. The van der Waals surface area contributed by atoms with Crippen molar-refractivity contribution in [3.63, 3.8) is 0 Å². The SMILES string of the molecule is COc1ccc([Si](C)(C)[C@H]2[C@H](CCn3cc(C(CO)c4ccccc4)nn3)O[C@@]3(C(=O)N(c4ccccc4)c4ccc(N5C(=O)CC5OC(C)=O)cc43)[C@@H]2C)cc1. The summed E-state index contributed by atoms with van der Waals surface area (Å²) in [5.74, 6) is -0.693. The van der Waals surface area contributed by atoms with E-state index in [4.69, 9.17) is 14.2 Å². The number of hydrogen-bond donors (Lipinski definition) is 1. The quantitative estimate of drug-likeness (QED) is 0.0915. The normalized spacial score (nSPS) is 23.4. The molecule has 1 N–H and O–H groups in total. The molecule has 1 aromatic heterocycles. The Labute approximate surface area is 333 Å². The number of fused-ring (bicyclic) bond motifs is 2. The molecule has 2 unspecified atom stereocenters. The molecule has 57 heavy (non-hydrogen) atoms. The molecule has 12 nitrogen and oxygen atoms in total. The number of anilines is 3. The average molecular weight is 786 g/mol. The van der Waals surface area contributed by atoms with Crippen molar-refractivity contribution >= 4 is 48.1 Å². The number of esters is 1. The van der Waals surface area contributed by atoms with Crippen LogP contribution in [0.25, 0.3) is 0 Å². The van der Waals surface area contributed by atoms with Crippen LogP contribution in [0.1, 0.15) is 49.4 Å². The van der Waals surface area contributed by atoms with Crippen LogP contribution in [0.3, 0.4) is 0 Å². The summed E-state index contributed by atoms with van der Waals surface area (Å²) in [5.41, 5.74) is 2.76. The van der Waals surface area contributed by atoms with Gasteiger partial charge < -0.3 is 19.3 Å². The molecule has 0 aliphatic carbocycles. The van der Waals surface area contributed by atoms with Crippen LogP contribution in [0.2, 0.25) is 18.6 Å². The predicted octanol–water partition coefficient (Wildman–Crippen LogP) is 6.02. The first-order chi connectivity index (χ1) is 27.5. The molecule has 3 aliphatic rings. The molecule has 2 saturated heterocycles. The highest BCUT2D eigenvalue weighted by atomic mass is 28.3. The Kier molecular flexibility index (Phi) is 10.1. The number of β-lactam (4-membered cyclic amide) rings is 1. The van der Waals surface area contributed by atoms with Crippen LogP contribution in [-0.2, 0) is 36.0 Å². The summed E-state index contributed by atoms with van der Waals surface area (Å²) in [4.78, 5) is 43.6. The molecule has 2 amide bonds. The lowest BCUT2D eigenvalue weighted by Gasteiger charge is -2.39. The van der Waals surface area contributed by atoms with Gasteiger partial charge in [0.15, 0.2) is 11.8 Å². The van der Waals surface area contributed by atoms with Gasteiger partial charge in [-0.25, -0.2) is 0 Å². The van der Waals surface area contributed by atoms with Gasteiger partial charge in [0.2, 0.25) is 5.91 Å². The van der Waals surface area contributed by atoms with Crippen molar-refractivity contribution in [1.29, 1.82) is 0 Å². The van der Waals surface area contributed by atoms with E-state index in [9.17, 15) is 14.7 Å². The molecule has 0 bridgehead atoms. The lowest BCUT2D eigenvalue weighted by molar-refractivity contribution is -0.153. The molecule has 6 atom stereocenters. The van der Waals surface area contributed by atoms with Gasteiger partial charge in [0.05, 0.1) is 51.6 Å². The summed E-state index contributed by atoms with van der Waals surface area (Å²) in [6.07, 6.45) is 1.40. The minimum atomic E-state index is -2.48. The van der Waals surface area contributed by atoms with Crippen LogP contribution in [0.15, 0.2) is 109 Å². The number of carbonyl (C=O) groups is 3. The number of hydrogen-bond acceptors (Lipinski definition) is 9. The number of aliphatic hydroxyl groups excluding tert-OH is 1. The molecular weight excluding hydrogens is 739 g/mol. The lowest BCUT2D eigenvalue weighted by atomic mass is 9.82. The summed E-state index contributed by atoms with van der Waals surface area (Å²) < 4.78 is 20.2. The van der Waals surface area contributed by atoms with Gasteiger partial charge in [-0.1, -0.05) is 91.1 Å². The second-order valence-corrected chi connectivity index (χ2v) is 20.4. The first kappa shape index (κ1) is 38.3. The van der Waals surface area contributed by atoms with Crippen molar-refractivity contribution in [2.75, 3.05) is 23.5 Å². The Morgan fingerprint density at radius 3 is 2.33 bits per heavy atom. The van der Waals surface area contributed by atoms with E-state index in [0.29, 0.717) is 41.3 Å². The van der Waals surface area contributed by atoms with E-state index < -0.39 is 25.9 Å². The van der Waals surface area contributed by atoms with Crippen molar-refractivity contribution in [2.24, 2.45) is 5.92 Å². The van der Waals surface area contributed by atoms with Gasteiger partial charge in [-0.2, -0.15) is 0 Å². The first-order valence-corrected chi connectivity index (χ1v) is 22.5. The number of aliphatic hydroxyl groups is 1. The van der Waals surface area contributed by atoms with Crippen LogP contribution in [0.5, 0.6) is 5.75 Å². The Bertz CT molecular complexity index is 2290. The number of aromatic nitrogens is 3. The third-order valence-electron chi connectivity index (χ3n) is 12.2. The van der Waals surface area contributed by atoms with Gasteiger partial charge in [0.1, 0.15) is 5.75 Å². The van der Waals surface area contributed by atoms with E-state index >= 15 is 4.79 Å². The van der Waals surface area contributed by atoms with E-state index in [2.05, 4.69) is 42.5 Å². The molecule has 8 rings (SSSR count). The highest BCUT2D eigenvalue weighted by Gasteiger charge is 2.66. The molecule has 294 valence electrons. The third-order valence-corrected chi connectivity index (χ3v) is 16.5. The van der Waals surface area contributed by atoms with Gasteiger partial charge in [0, 0.05) is 42.5 Å². The van der Waals surface area contributed by atoms with Gasteiger partial charge in [0.25, 0.3) is 5.91 Å². The molecule has 0 saturated carbocycles. The lowest BCUT2D eigenvalue weighted by Crippen LogP contribution is -2.55. The van der Waals surface area contributed by atoms with Crippen molar-refractivity contribution < 1.29 is 33.7 Å². The van der Waals surface area contributed by atoms with Gasteiger partial charge in [-0.05, 0) is 60.0 Å². The monoisotopic (exact) mass is 785 g/mol. The zero-order valence-electron chi connectivity index (χ0n) is 32.7. The van der Waals surface area contributed by atoms with Gasteiger partial charge in [-0.3, -0.25) is 28.9 Å². The van der Waals surface area contributed by atoms with Crippen molar-refractivity contribution in [2.45, 2.75) is 75.7 Å². The predicted molar refractivity (Wildman–Crippen MR) is 217 cm³/mol. The Balaban J connectivity index is 1.21. The largest absolute Gasteiger partial charge is 0.497 e. The van der Waals surface area contributed by atoms with E-state index in [-0.39, 0.29) is 48.3 Å².